The van der Waals surface area contributed by atoms with Crippen LogP contribution in [0.4, 0.5) is 5.69 Å². The fourth-order valence-corrected chi connectivity index (χ4v) is 2.91. The van der Waals surface area contributed by atoms with Crippen LogP contribution in [-0.4, -0.2) is 36.7 Å². The fourth-order valence-electron chi connectivity index (χ4n) is 2.91. The lowest BCUT2D eigenvalue weighted by atomic mass is 10.0. The van der Waals surface area contributed by atoms with Crippen LogP contribution in [0.5, 0.6) is 5.75 Å². The summed E-state index contributed by atoms with van der Waals surface area (Å²) in [6.07, 6.45) is 3.59. The minimum Gasteiger partial charge on any atom is -0.497 e. The molecule has 1 aromatic heterocycles. The lowest BCUT2D eigenvalue weighted by Crippen LogP contribution is -2.31. The molecule has 0 saturated heterocycles. The number of imidazole rings is 1. The number of ether oxygens (including phenoxy) is 1. The molecule has 3 rings (SSSR count). The second-order valence-electron chi connectivity index (χ2n) is 6.52. The van der Waals surface area contributed by atoms with E-state index in [9.17, 15) is 4.79 Å². The van der Waals surface area contributed by atoms with Crippen molar-refractivity contribution in [2.75, 3.05) is 26.1 Å². The molecular formula is C21H24N4O2. The normalized spacial score (nSPS) is 11.7. The highest BCUT2D eigenvalue weighted by Gasteiger charge is 2.22. The Morgan fingerprint density at radius 1 is 1.19 bits per heavy atom. The van der Waals surface area contributed by atoms with Crippen LogP contribution in [0, 0.1) is 0 Å². The van der Waals surface area contributed by atoms with Crippen molar-refractivity contribution in [2.24, 2.45) is 7.05 Å². The van der Waals surface area contributed by atoms with Crippen molar-refractivity contribution in [3.05, 3.63) is 77.9 Å². The number of aromatic nitrogens is 2. The van der Waals surface area contributed by atoms with E-state index in [1.54, 1.807) is 13.3 Å². The predicted molar refractivity (Wildman–Crippen MR) is 106 cm³/mol. The number of aryl methyl sites for hydroxylation is 1. The van der Waals surface area contributed by atoms with Crippen molar-refractivity contribution in [3.63, 3.8) is 0 Å². The number of hydrogen-bond acceptors (Lipinski definition) is 4. The van der Waals surface area contributed by atoms with E-state index in [-0.39, 0.29) is 5.91 Å². The Balaban J connectivity index is 1.95. The van der Waals surface area contributed by atoms with Gasteiger partial charge >= 0.3 is 0 Å². The number of amides is 1. The third kappa shape index (κ3) is 4.11. The molecule has 0 fully saturated rings. The summed E-state index contributed by atoms with van der Waals surface area (Å²) < 4.78 is 7.24. The first-order chi connectivity index (χ1) is 13.0. The van der Waals surface area contributed by atoms with E-state index < -0.39 is 6.04 Å². The summed E-state index contributed by atoms with van der Waals surface area (Å²) in [6, 6.07) is 14.8. The second kappa shape index (κ2) is 7.95. The third-order valence-corrected chi connectivity index (χ3v) is 4.44. The van der Waals surface area contributed by atoms with Gasteiger partial charge in [-0.25, -0.2) is 4.98 Å². The Hall–Kier alpha value is -3.28. The number of methoxy groups -OCH3 is 1. The molecule has 1 amide bonds. The predicted octanol–water partition coefficient (Wildman–Crippen LogP) is 3.01. The highest BCUT2D eigenvalue weighted by molar-refractivity contribution is 5.95. The molecule has 2 aromatic carbocycles. The van der Waals surface area contributed by atoms with Crippen molar-refractivity contribution < 1.29 is 9.53 Å². The molecule has 6 nitrogen and oxygen atoms in total. The summed E-state index contributed by atoms with van der Waals surface area (Å²) >= 11 is 0. The molecule has 0 aliphatic rings. The zero-order chi connectivity index (χ0) is 19.4. The van der Waals surface area contributed by atoms with Gasteiger partial charge in [-0.3, -0.25) is 4.79 Å². The average molecular weight is 364 g/mol. The van der Waals surface area contributed by atoms with Gasteiger partial charge < -0.3 is 19.5 Å². The average Bonchev–Trinajstić information content (AvgIpc) is 3.11. The number of anilines is 1. The number of nitrogens with one attached hydrogen (secondary N) is 1. The van der Waals surface area contributed by atoms with Gasteiger partial charge in [0.25, 0.3) is 5.91 Å². The van der Waals surface area contributed by atoms with Gasteiger partial charge in [0.2, 0.25) is 0 Å². The van der Waals surface area contributed by atoms with Gasteiger partial charge in [0, 0.05) is 44.8 Å². The molecule has 3 aromatic rings. The molecule has 0 aliphatic carbocycles. The molecule has 27 heavy (non-hydrogen) atoms. The van der Waals surface area contributed by atoms with E-state index in [1.165, 1.54) is 0 Å². The van der Waals surface area contributed by atoms with Gasteiger partial charge in [0.1, 0.15) is 17.6 Å². The van der Waals surface area contributed by atoms with Gasteiger partial charge in [-0.2, -0.15) is 0 Å². The first kappa shape index (κ1) is 18.5. The molecule has 1 unspecified atom stereocenters. The molecule has 6 heteroatoms. The van der Waals surface area contributed by atoms with Crippen LogP contribution in [0.15, 0.2) is 60.9 Å². The summed E-state index contributed by atoms with van der Waals surface area (Å²) in [4.78, 5) is 19.4. The second-order valence-corrected chi connectivity index (χ2v) is 6.52. The quantitative estimate of drug-likeness (QED) is 0.730. The van der Waals surface area contributed by atoms with E-state index >= 15 is 0 Å². The molecule has 1 N–H and O–H groups in total. The van der Waals surface area contributed by atoms with Crippen molar-refractivity contribution in [1.82, 2.24) is 14.9 Å². The van der Waals surface area contributed by atoms with Crippen molar-refractivity contribution in [1.29, 1.82) is 0 Å². The fraction of sp³-hybridized carbons (Fsp3) is 0.238. The van der Waals surface area contributed by atoms with Crippen LogP contribution in [0.1, 0.15) is 27.8 Å². The smallest absolute Gasteiger partial charge is 0.252 e. The van der Waals surface area contributed by atoms with Crippen molar-refractivity contribution >= 4 is 11.6 Å². The molecule has 1 heterocycles. The SMILES string of the molecule is COc1cccc(C(NC(=O)c2cccc(N(C)C)c2)c2nccn2C)c1. The Morgan fingerprint density at radius 3 is 2.63 bits per heavy atom. The number of benzene rings is 2. The lowest BCUT2D eigenvalue weighted by molar-refractivity contribution is 0.0941. The molecular weight excluding hydrogens is 340 g/mol. The van der Waals surface area contributed by atoms with E-state index in [1.807, 2.05) is 85.3 Å². The molecule has 0 bridgehead atoms. The summed E-state index contributed by atoms with van der Waals surface area (Å²) in [5, 5.41) is 3.11. The van der Waals surface area contributed by atoms with Gasteiger partial charge in [-0.05, 0) is 35.9 Å². The molecule has 0 spiro atoms. The number of hydrogen-bond donors (Lipinski definition) is 1. The van der Waals surface area contributed by atoms with Gasteiger partial charge in [0.15, 0.2) is 0 Å². The van der Waals surface area contributed by atoms with Gasteiger partial charge in [0.05, 0.1) is 7.11 Å². The number of rotatable bonds is 6. The van der Waals surface area contributed by atoms with E-state index in [0.29, 0.717) is 5.56 Å². The lowest BCUT2D eigenvalue weighted by Gasteiger charge is -2.20. The standard InChI is InChI=1S/C21H24N4O2/c1-24(2)17-9-5-8-16(13-17)21(26)23-19(20-22-11-12-25(20)3)15-7-6-10-18(14-15)27-4/h5-14,19H,1-4H3,(H,23,26). The zero-order valence-corrected chi connectivity index (χ0v) is 16.0. The van der Waals surface area contributed by atoms with E-state index in [2.05, 4.69) is 10.3 Å². The summed E-state index contributed by atoms with van der Waals surface area (Å²) in [5.74, 6) is 1.32. The molecule has 1 atom stereocenters. The van der Waals surface area contributed by atoms with Crippen LogP contribution >= 0.6 is 0 Å². The van der Waals surface area contributed by atoms with E-state index in [4.69, 9.17) is 4.74 Å². The maximum atomic E-state index is 13.0. The largest absolute Gasteiger partial charge is 0.497 e. The van der Waals surface area contributed by atoms with Gasteiger partial charge in [-0.1, -0.05) is 18.2 Å². The Bertz CT molecular complexity index is 933. The Morgan fingerprint density at radius 2 is 1.96 bits per heavy atom. The van der Waals surface area contributed by atoms with Crippen LogP contribution < -0.4 is 15.0 Å². The molecule has 0 aliphatic heterocycles. The number of carbonyl (C=O) groups is 1. The Labute approximate surface area is 159 Å². The topological polar surface area (TPSA) is 59.4 Å². The zero-order valence-electron chi connectivity index (χ0n) is 16.0. The molecule has 140 valence electrons. The molecule has 0 radical (unpaired) electrons. The molecule has 0 saturated carbocycles. The first-order valence-electron chi connectivity index (χ1n) is 8.69. The van der Waals surface area contributed by atoms with Crippen molar-refractivity contribution in [3.8, 4) is 5.75 Å². The minimum atomic E-state index is -0.393. The maximum absolute atomic E-state index is 13.0. The van der Waals surface area contributed by atoms with Crippen LogP contribution in [0.3, 0.4) is 0 Å². The van der Waals surface area contributed by atoms with Crippen LogP contribution in [0.2, 0.25) is 0 Å². The highest BCUT2D eigenvalue weighted by Crippen LogP contribution is 2.25. The first-order valence-corrected chi connectivity index (χ1v) is 8.69. The number of nitrogens with zero attached hydrogens (tertiary/aromatic N) is 3. The third-order valence-electron chi connectivity index (χ3n) is 4.44. The highest BCUT2D eigenvalue weighted by atomic mass is 16.5. The maximum Gasteiger partial charge on any atom is 0.252 e. The summed E-state index contributed by atoms with van der Waals surface area (Å²) in [7, 11) is 7.43. The summed E-state index contributed by atoms with van der Waals surface area (Å²) in [5.41, 5.74) is 2.47. The van der Waals surface area contributed by atoms with E-state index in [0.717, 1.165) is 22.8 Å². The minimum absolute atomic E-state index is 0.158. The number of carbonyl (C=O) groups excluding carboxylic acids is 1. The van der Waals surface area contributed by atoms with Crippen LogP contribution in [0.25, 0.3) is 0 Å². The summed E-state index contributed by atoms with van der Waals surface area (Å²) in [6.45, 7) is 0. The van der Waals surface area contributed by atoms with Crippen LogP contribution in [-0.2, 0) is 7.05 Å². The Kier molecular flexibility index (Phi) is 5.45. The van der Waals surface area contributed by atoms with Gasteiger partial charge in [-0.15, -0.1) is 0 Å². The monoisotopic (exact) mass is 364 g/mol. The van der Waals surface area contributed by atoms with Crippen molar-refractivity contribution in [2.45, 2.75) is 6.04 Å².